The van der Waals surface area contributed by atoms with Crippen LogP contribution in [0, 0.1) is 0 Å². The zero-order valence-corrected chi connectivity index (χ0v) is 10.9. The molecule has 5 heteroatoms. The lowest BCUT2D eigenvalue weighted by molar-refractivity contribution is 0.817. The van der Waals surface area contributed by atoms with Crippen molar-refractivity contribution in [2.75, 3.05) is 0 Å². The summed E-state index contributed by atoms with van der Waals surface area (Å²) in [5.41, 5.74) is 6.82. The topological polar surface area (TPSA) is 51.8 Å². The van der Waals surface area contributed by atoms with Crippen molar-refractivity contribution in [3.05, 3.63) is 47.4 Å². The fraction of sp³-hybridized carbons (Fsp3) is 0.167. The van der Waals surface area contributed by atoms with Crippen LogP contribution in [0.2, 0.25) is 5.02 Å². The van der Waals surface area contributed by atoms with Crippen LogP contribution in [-0.2, 0) is 0 Å². The maximum absolute atomic E-state index is 6.20. The minimum atomic E-state index is -0.0110. The standard InChI is InChI=1S/C12H12ClN3S/c1-8(14)9-2-3-11(10(13)6-9)17-12-7-15-4-5-16-12/h2-8H,14H2,1H3/t8-/m0/s1. The van der Waals surface area contributed by atoms with Crippen molar-refractivity contribution in [3.8, 4) is 0 Å². The summed E-state index contributed by atoms with van der Waals surface area (Å²) >= 11 is 7.69. The van der Waals surface area contributed by atoms with E-state index in [1.807, 2.05) is 25.1 Å². The third-order valence-corrected chi connectivity index (χ3v) is 3.66. The Morgan fingerprint density at radius 2 is 2.18 bits per heavy atom. The summed E-state index contributed by atoms with van der Waals surface area (Å²) in [5, 5.41) is 1.51. The van der Waals surface area contributed by atoms with Gasteiger partial charge in [-0.05, 0) is 24.6 Å². The molecule has 1 aromatic carbocycles. The van der Waals surface area contributed by atoms with E-state index in [1.165, 1.54) is 11.8 Å². The molecule has 0 bridgehead atoms. The van der Waals surface area contributed by atoms with Gasteiger partial charge in [0.1, 0.15) is 5.03 Å². The molecule has 0 unspecified atom stereocenters. The zero-order chi connectivity index (χ0) is 12.3. The minimum absolute atomic E-state index is 0.0110. The summed E-state index contributed by atoms with van der Waals surface area (Å²) < 4.78 is 0. The highest BCUT2D eigenvalue weighted by molar-refractivity contribution is 7.99. The molecule has 2 N–H and O–H groups in total. The molecule has 0 radical (unpaired) electrons. The molecule has 1 heterocycles. The van der Waals surface area contributed by atoms with Gasteiger partial charge in [-0.3, -0.25) is 4.98 Å². The van der Waals surface area contributed by atoms with E-state index < -0.39 is 0 Å². The van der Waals surface area contributed by atoms with Crippen molar-refractivity contribution >= 4 is 23.4 Å². The summed E-state index contributed by atoms with van der Waals surface area (Å²) in [6.07, 6.45) is 5.01. The van der Waals surface area contributed by atoms with E-state index in [2.05, 4.69) is 9.97 Å². The predicted octanol–water partition coefficient (Wildman–Crippen LogP) is 3.30. The van der Waals surface area contributed by atoms with Crippen molar-refractivity contribution in [2.24, 2.45) is 5.73 Å². The Morgan fingerprint density at radius 1 is 1.35 bits per heavy atom. The molecule has 0 fully saturated rings. The number of halogens is 1. The van der Waals surface area contributed by atoms with Gasteiger partial charge >= 0.3 is 0 Å². The maximum atomic E-state index is 6.20. The van der Waals surface area contributed by atoms with Crippen LogP contribution in [0.4, 0.5) is 0 Å². The van der Waals surface area contributed by atoms with Gasteiger partial charge in [-0.25, -0.2) is 4.98 Å². The number of aromatic nitrogens is 2. The van der Waals surface area contributed by atoms with E-state index in [-0.39, 0.29) is 6.04 Å². The number of hydrogen-bond acceptors (Lipinski definition) is 4. The maximum Gasteiger partial charge on any atom is 0.119 e. The number of rotatable bonds is 3. The Hall–Kier alpha value is -1.10. The van der Waals surface area contributed by atoms with Crippen molar-refractivity contribution in [1.29, 1.82) is 0 Å². The number of hydrogen-bond donors (Lipinski definition) is 1. The molecule has 0 saturated carbocycles. The van der Waals surface area contributed by atoms with Gasteiger partial charge in [-0.15, -0.1) is 0 Å². The summed E-state index contributed by atoms with van der Waals surface area (Å²) in [6, 6.07) is 5.82. The molecule has 88 valence electrons. The van der Waals surface area contributed by atoms with Crippen LogP contribution < -0.4 is 5.73 Å². The average Bonchev–Trinajstić information content (AvgIpc) is 2.33. The molecule has 0 spiro atoms. The van der Waals surface area contributed by atoms with Crippen LogP contribution in [0.5, 0.6) is 0 Å². The molecule has 1 aromatic heterocycles. The fourth-order valence-corrected chi connectivity index (χ4v) is 2.38. The first-order chi connectivity index (χ1) is 8.16. The third kappa shape index (κ3) is 3.19. The average molecular weight is 266 g/mol. The monoisotopic (exact) mass is 265 g/mol. The molecule has 0 aliphatic heterocycles. The van der Waals surface area contributed by atoms with Gasteiger partial charge in [0.25, 0.3) is 0 Å². The first-order valence-corrected chi connectivity index (χ1v) is 6.35. The van der Waals surface area contributed by atoms with Crippen LogP contribution in [0.3, 0.4) is 0 Å². The Kier molecular flexibility index (Phi) is 3.99. The smallest absolute Gasteiger partial charge is 0.119 e. The first-order valence-electron chi connectivity index (χ1n) is 5.15. The summed E-state index contributed by atoms with van der Waals surface area (Å²) in [5.74, 6) is 0. The third-order valence-electron chi connectivity index (χ3n) is 2.24. The Balaban J connectivity index is 2.23. The molecule has 2 rings (SSSR count). The van der Waals surface area contributed by atoms with E-state index in [0.29, 0.717) is 5.02 Å². The second-order valence-electron chi connectivity index (χ2n) is 3.62. The van der Waals surface area contributed by atoms with Gasteiger partial charge in [-0.2, -0.15) is 0 Å². The highest BCUT2D eigenvalue weighted by Gasteiger charge is 2.07. The van der Waals surface area contributed by atoms with E-state index in [1.54, 1.807) is 18.6 Å². The highest BCUT2D eigenvalue weighted by Crippen LogP contribution is 2.33. The summed E-state index contributed by atoms with van der Waals surface area (Å²) in [7, 11) is 0. The van der Waals surface area contributed by atoms with Crippen LogP contribution in [-0.4, -0.2) is 9.97 Å². The van der Waals surface area contributed by atoms with E-state index in [4.69, 9.17) is 17.3 Å². The molecule has 1 atom stereocenters. The van der Waals surface area contributed by atoms with Crippen LogP contribution >= 0.6 is 23.4 Å². The SMILES string of the molecule is C[C@H](N)c1ccc(Sc2cnccn2)c(Cl)c1. The Bertz CT molecular complexity index is 502. The minimum Gasteiger partial charge on any atom is -0.324 e. The molecule has 0 aliphatic rings. The number of nitrogens with zero attached hydrogens (tertiary/aromatic N) is 2. The van der Waals surface area contributed by atoms with Gasteiger partial charge < -0.3 is 5.73 Å². The van der Waals surface area contributed by atoms with Crippen LogP contribution in [0.1, 0.15) is 18.5 Å². The Labute approximate surface area is 109 Å². The van der Waals surface area contributed by atoms with Gasteiger partial charge in [0.15, 0.2) is 0 Å². The number of benzene rings is 1. The second kappa shape index (κ2) is 5.49. The van der Waals surface area contributed by atoms with Gasteiger partial charge in [0, 0.05) is 23.3 Å². The predicted molar refractivity (Wildman–Crippen MR) is 70.2 cm³/mol. The van der Waals surface area contributed by atoms with Crippen LogP contribution in [0.25, 0.3) is 0 Å². The molecular formula is C12H12ClN3S. The lowest BCUT2D eigenvalue weighted by atomic mass is 10.1. The van der Waals surface area contributed by atoms with Crippen molar-refractivity contribution in [3.63, 3.8) is 0 Å². The number of nitrogens with two attached hydrogens (primary N) is 1. The second-order valence-corrected chi connectivity index (χ2v) is 5.09. The van der Waals surface area contributed by atoms with Crippen molar-refractivity contribution in [2.45, 2.75) is 22.9 Å². The van der Waals surface area contributed by atoms with E-state index >= 15 is 0 Å². The quantitative estimate of drug-likeness (QED) is 0.925. The largest absolute Gasteiger partial charge is 0.324 e. The van der Waals surface area contributed by atoms with E-state index in [0.717, 1.165) is 15.5 Å². The normalized spacial score (nSPS) is 12.4. The highest BCUT2D eigenvalue weighted by atomic mass is 35.5. The molecule has 0 saturated heterocycles. The molecule has 17 heavy (non-hydrogen) atoms. The zero-order valence-electron chi connectivity index (χ0n) is 9.30. The van der Waals surface area contributed by atoms with Gasteiger partial charge in [0.05, 0.1) is 11.2 Å². The molecule has 0 aliphatic carbocycles. The first kappa shape index (κ1) is 12.4. The lowest BCUT2D eigenvalue weighted by Crippen LogP contribution is -2.04. The van der Waals surface area contributed by atoms with Gasteiger partial charge in [0.2, 0.25) is 0 Å². The fourth-order valence-electron chi connectivity index (χ4n) is 1.33. The molecule has 2 aromatic rings. The lowest BCUT2D eigenvalue weighted by Gasteiger charge is -2.08. The summed E-state index contributed by atoms with van der Waals surface area (Å²) in [6.45, 7) is 1.93. The molecular weight excluding hydrogens is 254 g/mol. The Morgan fingerprint density at radius 3 is 2.76 bits per heavy atom. The van der Waals surface area contributed by atoms with Crippen LogP contribution in [0.15, 0.2) is 46.7 Å². The van der Waals surface area contributed by atoms with E-state index in [9.17, 15) is 0 Å². The van der Waals surface area contributed by atoms with Gasteiger partial charge in [-0.1, -0.05) is 29.4 Å². The molecule has 0 amide bonds. The summed E-state index contributed by atoms with van der Waals surface area (Å²) in [4.78, 5) is 9.15. The molecule has 3 nitrogen and oxygen atoms in total. The van der Waals surface area contributed by atoms with Crippen molar-refractivity contribution < 1.29 is 0 Å². The van der Waals surface area contributed by atoms with Crippen molar-refractivity contribution in [1.82, 2.24) is 9.97 Å².